The molecule has 0 aliphatic carbocycles. The Morgan fingerprint density at radius 2 is 2.00 bits per heavy atom. The first-order chi connectivity index (χ1) is 8.76. The summed E-state index contributed by atoms with van der Waals surface area (Å²) in [5.41, 5.74) is 3.44. The summed E-state index contributed by atoms with van der Waals surface area (Å²) in [5.74, 6) is 0. The first-order valence-electron chi connectivity index (χ1n) is 5.47. The smallest absolute Gasteiger partial charge is 0.187 e. The van der Waals surface area contributed by atoms with Crippen LogP contribution in [0.4, 0.5) is 0 Å². The van der Waals surface area contributed by atoms with Gasteiger partial charge in [-0.2, -0.15) is 5.10 Å². The van der Waals surface area contributed by atoms with E-state index < -0.39 is 0 Å². The summed E-state index contributed by atoms with van der Waals surface area (Å²) in [6.07, 6.45) is 5.60. The van der Waals surface area contributed by atoms with Crippen molar-refractivity contribution in [3.8, 4) is 11.4 Å². The largest absolute Gasteiger partial charge is 0.231 e. The number of thioether (sulfide) groups is 1. The highest BCUT2D eigenvalue weighted by atomic mass is 32.2. The second kappa shape index (κ2) is 4.38. The number of hydrogen-bond acceptors (Lipinski definition) is 5. The molecule has 18 heavy (non-hydrogen) atoms. The van der Waals surface area contributed by atoms with Crippen LogP contribution in [0.1, 0.15) is 5.69 Å². The molecule has 3 aromatic rings. The molecule has 0 N–H and O–H groups in total. The van der Waals surface area contributed by atoms with Gasteiger partial charge in [0.2, 0.25) is 0 Å². The van der Waals surface area contributed by atoms with Gasteiger partial charge in [0.15, 0.2) is 10.8 Å². The van der Waals surface area contributed by atoms with E-state index in [0.29, 0.717) is 0 Å². The van der Waals surface area contributed by atoms with E-state index >= 15 is 0 Å². The van der Waals surface area contributed by atoms with Gasteiger partial charge < -0.3 is 0 Å². The molecule has 0 saturated heterocycles. The van der Waals surface area contributed by atoms with Crippen LogP contribution >= 0.6 is 11.8 Å². The minimum Gasteiger partial charge on any atom is -0.231 e. The van der Waals surface area contributed by atoms with Crippen LogP contribution in [0.2, 0.25) is 0 Å². The third kappa shape index (κ3) is 1.95. The molecule has 0 amide bonds. The number of hydrogen-bond donors (Lipinski definition) is 0. The number of aryl methyl sites for hydroxylation is 1. The molecular formula is C12H11N5S. The van der Waals surface area contributed by atoms with Crippen molar-refractivity contribution >= 4 is 17.4 Å². The molecule has 6 heteroatoms. The summed E-state index contributed by atoms with van der Waals surface area (Å²) in [7, 11) is 0. The zero-order valence-corrected chi connectivity index (χ0v) is 10.8. The number of nitrogens with zero attached hydrogens (tertiary/aromatic N) is 5. The Bertz CT molecular complexity index is 707. The lowest BCUT2D eigenvalue weighted by Gasteiger charge is -2.01. The quantitative estimate of drug-likeness (QED) is 0.520. The van der Waals surface area contributed by atoms with Crippen molar-refractivity contribution in [2.45, 2.75) is 12.1 Å². The van der Waals surface area contributed by atoms with E-state index in [1.165, 1.54) is 11.8 Å². The van der Waals surface area contributed by atoms with Crippen LogP contribution in [-0.2, 0) is 0 Å². The first-order valence-corrected chi connectivity index (χ1v) is 6.69. The molecule has 0 saturated carbocycles. The maximum Gasteiger partial charge on any atom is 0.187 e. The average molecular weight is 257 g/mol. The SMILES string of the molecule is CSc1nccc(-c2ccn3nc(C)cc3n2)n1. The Kier molecular flexibility index (Phi) is 2.71. The third-order valence-corrected chi connectivity index (χ3v) is 3.09. The van der Waals surface area contributed by atoms with Gasteiger partial charge in [-0.25, -0.2) is 19.5 Å². The van der Waals surface area contributed by atoms with E-state index in [0.717, 1.165) is 27.9 Å². The van der Waals surface area contributed by atoms with Gasteiger partial charge in [-0.3, -0.25) is 0 Å². The Balaban J connectivity index is 2.12. The highest BCUT2D eigenvalue weighted by Crippen LogP contribution is 2.17. The molecule has 0 aromatic carbocycles. The molecule has 3 aromatic heterocycles. The summed E-state index contributed by atoms with van der Waals surface area (Å²) >= 11 is 1.52. The van der Waals surface area contributed by atoms with Gasteiger partial charge >= 0.3 is 0 Å². The van der Waals surface area contributed by atoms with Crippen molar-refractivity contribution in [3.05, 3.63) is 36.3 Å². The standard InChI is InChI=1S/C12H11N5S/c1-8-7-11-14-10(4-6-17(11)16-8)9-3-5-13-12(15-9)18-2/h3-7H,1-2H3. The summed E-state index contributed by atoms with van der Waals surface area (Å²) < 4.78 is 1.76. The van der Waals surface area contributed by atoms with Crippen molar-refractivity contribution < 1.29 is 0 Å². The van der Waals surface area contributed by atoms with Gasteiger partial charge in [-0.1, -0.05) is 11.8 Å². The Morgan fingerprint density at radius 3 is 2.83 bits per heavy atom. The van der Waals surface area contributed by atoms with Gasteiger partial charge in [-0.05, 0) is 25.3 Å². The Morgan fingerprint density at radius 1 is 1.17 bits per heavy atom. The molecule has 0 radical (unpaired) electrons. The monoisotopic (exact) mass is 257 g/mol. The zero-order chi connectivity index (χ0) is 12.5. The molecule has 3 heterocycles. The van der Waals surface area contributed by atoms with E-state index in [-0.39, 0.29) is 0 Å². The lowest BCUT2D eigenvalue weighted by atomic mass is 10.3. The fourth-order valence-electron chi connectivity index (χ4n) is 1.72. The van der Waals surface area contributed by atoms with Crippen molar-refractivity contribution in [2.24, 2.45) is 0 Å². The van der Waals surface area contributed by atoms with E-state index in [2.05, 4.69) is 20.1 Å². The van der Waals surface area contributed by atoms with Crippen LogP contribution in [0.5, 0.6) is 0 Å². The number of rotatable bonds is 2. The normalized spacial score (nSPS) is 11.0. The van der Waals surface area contributed by atoms with Crippen LogP contribution in [0.25, 0.3) is 17.0 Å². The van der Waals surface area contributed by atoms with Crippen LogP contribution < -0.4 is 0 Å². The van der Waals surface area contributed by atoms with Crippen LogP contribution in [0, 0.1) is 6.92 Å². The van der Waals surface area contributed by atoms with Crippen molar-refractivity contribution in [3.63, 3.8) is 0 Å². The lowest BCUT2D eigenvalue weighted by molar-refractivity contribution is 0.914. The van der Waals surface area contributed by atoms with E-state index in [4.69, 9.17) is 0 Å². The predicted octanol–water partition coefficient (Wildman–Crippen LogP) is 2.22. The van der Waals surface area contributed by atoms with Crippen molar-refractivity contribution in [2.75, 3.05) is 6.26 Å². The number of aromatic nitrogens is 5. The van der Waals surface area contributed by atoms with Crippen molar-refractivity contribution in [1.82, 2.24) is 24.6 Å². The van der Waals surface area contributed by atoms with Gasteiger partial charge in [0, 0.05) is 18.5 Å². The van der Waals surface area contributed by atoms with Crippen LogP contribution in [0.15, 0.2) is 35.7 Å². The molecule has 0 fully saturated rings. The molecule has 5 nitrogen and oxygen atoms in total. The maximum absolute atomic E-state index is 4.54. The molecule has 3 rings (SSSR count). The lowest BCUT2D eigenvalue weighted by Crippen LogP contribution is -1.94. The Labute approximate surface area is 108 Å². The van der Waals surface area contributed by atoms with Gasteiger partial charge in [0.25, 0.3) is 0 Å². The molecule has 0 aliphatic heterocycles. The van der Waals surface area contributed by atoms with Crippen LogP contribution in [0.3, 0.4) is 0 Å². The third-order valence-electron chi connectivity index (χ3n) is 2.53. The fourth-order valence-corrected chi connectivity index (χ4v) is 2.08. The minimum atomic E-state index is 0.749. The van der Waals surface area contributed by atoms with Gasteiger partial charge in [0.1, 0.15) is 0 Å². The van der Waals surface area contributed by atoms with Crippen LogP contribution in [-0.4, -0.2) is 30.8 Å². The highest BCUT2D eigenvalue weighted by Gasteiger charge is 2.05. The number of fused-ring (bicyclic) bond motifs is 1. The summed E-state index contributed by atoms with van der Waals surface area (Å²) in [4.78, 5) is 13.1. The molecule has 0 aliphatic rings. The fraction of sp³-hybridized carbons (Fsp3) is 0.167. The predicted molar refractivity (Wildman–Crippen MR) is 70.5 cm³/mol. The first kappa shape index (κ1) is 11.2. The summed E-state index contributed by atoms with van der Waals surface area (Å²) in [5, 5.41) is 5.05. The second-order valence-corrected chi connectivity index (χ2v) is 4.60. The van der Waals surface area contributed by atoms with E-state index in [1.807, 2.05) is 37.6 Å². The topological polar surface area (TPSA) is 56.0 Å². The summed E-state index contributed by atoms with van der Waals surface area (Å²) in [6, 6.07) is 5.72. The molecule has 0 spiro atoms. The summed E-state index contributed by atoms with van der Waals surface area (Å²) in [6.45, 7) is 1.95. The molecule has 90 valence electrons. The maximum atomic E-state index is 4.54. The Hall–Kier alpha value is -1.95. The van der Waals surface area contributed by atoms with Gasteiger partial charge in [-0.15, -0.1) is 0 Å². The van der Waals surface area contributed by atoms with Gasteiger partial charge in [0.05, 0.1) is 17.1 Å². The minimum absolute atomic E-state index is 0.749. The highest BCUT2D eigenvalue weighted by molar-refractivity contribution is 7.98. The second-order valence-electron chi connectivity index (χ2n) is 3.83. The molecular weight excluding hydrogens is 246 g/mol. The molecule has 0 unspecified atom stereocenters. The zero-order valence-electron chi connectivity index (χ0n) is 10.0. The molecule has 0 bridgehead atoms. The van der Waals surface area contributed by atoms with E-state index in [9.17, 15) is 0 Å². The van der Waals surface area contributed by atoms with Crippen molar-refractivity contribution in [1.29, 1.82) is 0 Å². The van der Waals surface area contributed by atoms with E-state index in [1.54, 1.807) is 10.7 Å². The molecule has 0 atom stereocenters. The average Bonchev–Trinajstić information content (AvgIpc) is 2.77.